The molecule has 3 aromatic rings. The van der Waals surface area contributed by atoms with Crippen molar-refractivity contribution >= 4 is 28.7 Å². The van der Waals surface area contributed by atoms with E-state index in [4.69, 9.17) is 5.73 Å². The number of aryl methyl sites for hydroxylation is 2. The van der Waals surface area contributed by atoms with Gasteiger partial charge in [-0.3, -0.25) is 9.59 Å². The van der Waals surface area contributed by atoms with Gasteiger partial charge in [0.05, 0.1) is 11.1 Å². The number of nitrogens with two attached hydrogens (primary N) is 1. The van der Waals surface area contributed by atoms with Crippen LogP contribution in [0.2, 0.25) is 0 Å². The van der Waals surface area contributed by atoms with E-state index in [0.717, 1.165) is 23.7 Å². The van der Waals surface area contributed by atoms with Crippen molar-refractivity contribution in [2.24, 2.45) is 0 Å². The minimum absolute atomic E-state index is 0.0545. The highest BCUT2D eigenvalue weighted by Crippen LogP contribution is 2.30. The lowest BCUT2D eigenvalue weighted by Crippen LogP contribution is -2.28. The average Bonchev–Trinajstić information content (AvgIpc) is 3.33. The van der Waals surface area contributed by atoms with E-state index in [2.05, 4.69) is 31.8 Å². The van der Waals surface area contributed by atoms with Gasteiger partial charge in [-0.1, -0.05) is 24.3 Å². The van der Waals surface area contributed by atoms with Crippen molar-refractivity contribution in [2.75, 3.05) is 18.8 Å². The molecule has 0 fully saturated rings. The maximum atomic E-state index is 12.7. The fourth-order valence-electron chi connectivity index (χ4n) is 3.79. The van der Waals surface area contributed by atoms with Gasteiger partial charge in [0.25, 0.3) is 5.91 Å². The summed E-state index contributed by atoms with van der Waals surface area (Å²) in [7, 11) is 0. The summed E-state index contributed by atoms with van der Waals surface area (Å²) in [5.74, 6) is -0.179. The minimum atomic E-state index is -0.198. The number of carbonyl (C=O) groups excluding carboxylic acids is 2. The Hall–Kier alpha value is -3.62. The van der Waals surface area contributed by atoms with E-state index < -0.39 is 0 Å². The number of aromatic amines is 1. The molecule has 0 saturated carbocycles. The second-order valence-electron chi connectivity index (χ2n) is 7.30. The molecule has 156 valence electrons. The van der Waals surface area contributed by atoms with Crippen LogP contribution >= 0.6 is 0 Å². The third-order valence-electron chi connectivity index (χ3n) is 5.20. The first-order chi connectivity index (χ1) is 14.6. The molecule has 0 atom stereocenters. The van der Waals surface area contributed by atoms with Gasteiger partial charge in [-0.15, -0.1) is 5.10 Å². The number of nitrogens with zero attached hydrogens (tertiary/aromatic N) is 3. The molecular formula is C21H25N7O2. The van der Waals surface area contributed by atoms with Gasteiger partial charge in [-0.05, 0) is 37.3 Å². The lowest BCUT2D eigenvalue weighted by Gasteiger charge is -2.10. The fourth-order valence-corrected chi connectivity index (χ4v) is 3.79. The third-order valence-corrected chi connectivity index (χ3v) is 5.20. The van der Waals surface area contributed by atoms with Crippen LogP contribution < -0.4 is 16.4 Å². The number of aromatic nitrogens is 4. The Kier molecular flexibility index (Phi) is 5.78. The Bertz CT molecular complexity index is 1100. The standard InChI is InChI=1S/C21H25N7O2/c22-21-25-13-28(27-21)12-18(29)23-10-3-4-11-24-20(30)16-8-5-7-15-14-6-1-2-9-17(14)26-19(15)16/h3-5,7-8,13,26H,1-2,6,9-12H2,(H2,22,27)(H,23,29)(H,24,30)/b4-3-. The first-order valence-electron chi connectivity index (χ1n) is 10.1. The van der Waals surface area contributed by atoms with Crippen LogP contribution in [0, 0.1) is 0 Å². The monoisotopic (exact) mass is 407 g/mol. The molecule has 30 heavy (non-hydrogen) atoms. The molecule has 0 aliphatic heterocycles. The van der Waals surface area contributed by atoms with Crippen molar-refractivity contribution in [3.05, 3.63) is 53.5 Å². The molecule has 2 aromatic heterocycles. The molecule has 0 unspecified atom stereocenters. The first kappa shape index (κ1) is 19.7. The molecule has 0 radical (unpaired) electrons. The lowest BCUT2D eigenvalue weighted by molar-refractivity contribution is -0.121. The molecule has 5 N–H and O–H groups in total. The van der Waals surface area contributed by atoms with E-state index in [1.165, 1.54) is 35.1 Å². The zero-order valence-corrected chi connectivity index (χ0v) is 16.6. The van der Waals surface area contributed by atoms with Crippen molar-refractivity contribution < 1.29 is 9.59 Å². The van der Waals surface area contributed by atoms with Gasteiger partial charge in [0.2, 0.25) is 11.9 Å². The zero-order chi connectivity index (χ0) is 20.9. The normalized spacial score (nSPS) is 13.5. The summed E-state index contributed by atoms with van der Waals surface area (Å²) >= 11 is 0. The number of nitrogen functional groups attached to an aromatic ring is 1. The highest BCUT2D eigenvalue weighted by molar-refractivity contribution is 6.06. The topological polar surface area (TPSA) is 131 Å². The van der Waals surface area contributed by atoms with Gasteiger partial charge in [-0.2, -0.15) is 0 Å². The van der Waals surface area contributed by atoms with Crippen molar-refractivity contribution in [1.29, 1.82) is 0 Å². The van der Waals surface area contributed by atoms with Gasteiger partial charge in [0.1, 0.15) is 12.9 Å². The average molecular weight is 407 g/mol. The largest absolute Gasteiger partial charge is 0.367 e. The van der Waals surface area contributed by atoms with Gasteiger partial charge in [-0.25, -0.2) is 9.67 Å². The van der Waals surface area contributed by atoms with Crippen molar-refractivity contribution in [1.82, 2.24) is 30.4 Å². The Morgan fingerprint density at radius 3 is 2.77 bits per heavy atom. The Labute approximate surface area is 173 Å². The number of hydrogen-bond acceptors (Lipinski definition) is 5. The second-order valence-corrected chi connectivity index (χ2v) is 7.30. The Morgan fingerprint density at radius 2 is 1.97 bits per heavy atom. The summed E-state index contributed by atoms with van der Waals surface area (Å²) in [5, 5.41) is 10.7. The number of nitrogens with one attached hydrogen (secondary N) is 3. The minimum Gasteiger partial charge on any atom is -0.367 e. The number of H-pyrrole nitrogens is 1. The van der Waals surface area contributed by atoms with E-state index in [1.807, 2.05) is 18.2 Å². The highest BCUT2D eigenvalue weighted by Gasteiger charge is 2.18. The SMILES string of the molecule is Nc1ncn(CC(=O)NC/C=C\CNC(=O)c2cccc3c4c([nH]c23)CCCC4)n1. The summed E-state index contributed by atoms with van der Waals surface area (Å²) in [4.78, 5) is 31.7. The van der Waals surface area contributed by atoms with Gasteiger partial charge in [0.15, 0.2) is 0 Å². The summed E-state index contributed by atoms with van der Waals surface area (Å²) < 4.78 is 1.37. The van der Waals surface area contributed by atoms with E-state index in [9.17, 15) is 9.59 Å². The number of amides is 2. The third kappa shape index (κ3) is 4.35. The number of rotatable bonds is 7. The summed E-state index contributed by atoms with van der Waals surface area (Å²) in [5.41, 5.74) is 9.62. The quantitative estimate of drug-likeness (QED) is 0.439. The highest BCUT2D eigenvalue weighted by atomic mass is 16.2. The van der Waals surface area contributed by atoms with E-state index >= 15 is 0 Å². The first-order valence-corrected chi connectivity index (χ1v) is 10.1. The molecule has 2 amide bonds. The van der Waals surface area contributed by atoms with E-state index in [0.29, 0.717) is 18.7 Å². The molecule has 0 saturated heterocycles. The van der Waals surface area contributed by atoms with Crippen molar-refractivity contribution in [2.45, 2.75) is 32.2 Å². The Morgan fingerprint density at radius 1 is 1.17 bits per heavy atom. The Balaban J connectivity index is 1.27. The maximum Gasteiger partial charge on any atom is 0.253 e. The molecule has 4 rings (SSSR count). The molecule has 9 heteroatoms. The molecular weight excluding hydrogens is 382 g/mol. The molecule has 9 nitrogen and oxygen atoms in total. The molecule has 0 spiro atoms. The van der Waals surface area contributed by atoms with Crippen molar-refractivity contribution in [3.63, 3.8) is 0 Å². The maximum absolute atomic E-state index is 12.7. The van der Waals surface area contributed by atoms with Crippen LogP contribution in [0.5, 0.6) is 0 Å². The van der Waals surface area contributed by atoms with Gasteiger partial charge < -0.3 is 21.4 Å². The van der Waals surface area contributed by atoms with Crippen LogP contribution in [0.1, 0.15) is 34.5 Å². The second kappa shape index (κ2) is 8.81. The molecule has 1 aliphatic rings. The number of carbonyl (C=O) groups is 2. The van der Waals surface area contributed by atoms with Crippen LogP contribution in [0.4, 0.5) is 5.95 Å². The smallest absolute Gasteiger partial charge is 0.253 e. The number of fused-ring (bicyclic) bond motifs is 3. The predicted molar refractivity (Wildman–Crippen MR) is 114 cm³/mol. The fraction of sp³-hybridized carbons (Fsp3) is 0.333. The molecule has 2 heterocycles. The van der Waals surface area contributed by atoms with Crippen molar-refractivity contribution in [3.8, 4) is 0 Å². The number of anilines is 1. The van der Waals surface area contributed by atoms with Crippen LogP contribution in [0.3, 0.4) is 0 Å². The van der Waals surface area contributed by atoms with Crippen LogP contribution in [0.15, 0.2) is 36.7 Å². The zero-order valence-electron chi connectivity index (χ0n) is 16.6. The number of para-hydroxylation sites is 1. The van der Waals surface area contributed by atoms with Crippen LogP contribution in [0.25, 0.3) is 10.9 Å². The van der Waals surface area contributed by atoms with E-state index in [1.54, 1.807) is 6.08 Å². The van der Waals surface area contributed by atoms with Gasteiger partial charge >= 0.3 is 0 Å². The van der Waals surface area contributed by atoms with Crippen LogP contribution in [-0.2, 0) is 24.2 Å². The summed E-state index contributed by atoms with van der Waals surface area (Å²) in [6, 6.07) is 5.87. The van der Waals surface area contributed by atoms with Gasteiger partial charge in [0, 0.05) is 24.2 Å². The molecule has 0 bridgehead atoms. The molecule has 1 aromatic carbocycles. The molecule has 1 aliphatic carbocycles. The van der Waals surface area contributed by atoms with Crippen LogP contribution in [-0.4, -0.2) is 44.7 Å². The number of hydrogen-bond donors (Lipinski definition) is 4. The number of benzene rings is 1. The van der Waals surface area contributed by atoms with E-state index in [-0.39, 0.29) is 24.3 Å². The predicted octanol–water partition coefficient (Wildman–Crippen LogP) is 1.32. The summed E-state index contributed by atoms with van der Waals surface area (Å²) in [6.45, 7) is 0.793. The lowest BCUT2D eigenvalue weighted by atomic mass is 9.95. The summed E-state index contributed by atoms with van der Waals surface area (Å²) in [6.07, 6.45) is 9.51.